The van der Waals surface area contributed by atoms with Crippen LogP contribution in [0.1, 0.15) is 93.4 Å². The van der Waals surface area contributed by atoms with Crippen molar-refractivity contribution in [2.75, 3.05) is 6.61 Å². The first kappa shape index (κ1) is 21.9. The molecule has 0 aromatic carbocycles. The Morgan fingerprint density at radius 2 is 1.73 bits per heavy atom. The van der Waals surface area contributed by atoms with Crippen LogP contribution >= 0.6 is 0 Å². The molecular formula is C23H42O2Si. The second-order valence-corrected chi connectivity index (χ2v) is 15.4. The van der Waals surface area contributed by atoms with Crippen LogP contribution < -0.4 is 0 Å². The van der Waals surface area contributed by atoms with Crippen molar-refractivity contribution in [3.63, 3.8) is 0 Å². The maximum Gasteiger partial charge on any atom is 0.200 e. The molecule has 0 aromatic rings. The van der Waals surface area contributed by atoms with Crippen molar-refractivity contribution in [2.45, 2.75) is 110 Å². The second-order valence-electron chi connectivity index (χ2n) is 9.95. The monoisotopic (exact) mass is 378 g/mol. The van der Waals surface area contributed by atoms with E-state index in [1.54, 1.807) is 0 Å². The Labute approximate surface area is 163 Å². The zero-order chi connectivity index (χ0) is 19.5. The van der Waals surface area contributed by atoms with Gasteiger partial charge in [0.05, 0.1) is 0 Å². The summed E-state index contributed by atoms with van der Waals surface area (Å²) < 4.78 is 6.76. The van der Waals surface area contributed by atoms with Crippen LogP contribution in [0.5, 0.6) is 0 Å². The fourth-order valence-corrected chi connectivity index (χ4v) is 11.7. The van der Waals surface area contributed by atoms with E-state index in [9.17, 15) is 4.79 Å². The molecule has 0 aliphatic heterocycles. The summed E-state index contributed by atoms with van der Waals surface area (Å²) in [6.45, 7) is 17.5. The molecule has 0 amide bonds. The van der Waals surface area contributed by atoms with Crippen molar-refractivity contribution in [3.8, 4) is 0 Å². The van der Waals surface area contributed by atoms with E-state index in [0.29, 0.717) is 22.4 Å². The summed E-state index contributed by atoms with van der Waals surface area (Å²) in [5, 5.41) is 0. The maximum absolute atomic E-state index is 11.8. The number of hydrogen-bond donors (Lipinski definition) is 0. The van der Waals surface area contributed by atoms with E-state index in [1.165, 1.54) is 31.3 Å². The first-order chi connectivity index (χ1) is 12.1. The molecular weight excluding hydrogens is 336 g/mol. The van der Waals surface area contributed by atoms with E-state index in [-0.39, 0.29) is 5.41 Å². The lowest BCUT2D eigenvalue weighted by atomic mass is 9.59. The molecule has 2 rings (SSSR count). The quantitative estimate of drug-likeness (QED) is 0.334. The van der Waals surface area contributed by atoms with Crippen LogP contribution in [0.25, 0.3) is 0 Å². The third-order valence-corrected chi connectivity index (χ3v) is 13.7. The van der Waals surface area contributed by atoms with Crippen molar-refractivity contribution in [2.24, 2.45) is 11.3 Å². The molecule has 0 radical (unpaired) electrons. The molecule has 0 N–H and O–H groups in total. The van der Waals surface area contributed by atoms with Gasteiger partial charge in [-0.15, -0.1) is 0 Å². The second kappa shape index (κ2) is 8.73. The average Bonchev–Trinajstić information content (AvgIpc) is 2.55. The third kappa shape index (κ3) is 4.19. The molecule has 2 atom stereocenters. The van der Waals surface area contributed by atoms with Crippen LogP contribution in [-0.4, -0.2) is 20.7 Å². The molecule has 0 saturated heterocycles. The van der Waals surface area contributed by atoms with Crippen LogP contribution in [0.2, 0.25) is 16.6 Å². The van der Waals surface area contributed by atoms with Crippen molar-refractivity contribution >= 4 is 14.1 Å². The number of hydrogen-bond acceptors (Lipinski definition) is 2. The van der Waals surface area contributed by atoms with Gasteiger partial charge >= 0.3 is 0 Å². The van der Waals surface area contributed by atoms with E-state index in [4.69, 9.17) is 4.43 Å². The Morgan fingerprint density at radius 1 is 1.12 bits per heavy atom. The summed E-state index contributed by atoms with van der Waals surface area (Å²) in [7, 11) is -1.73. The van der Waals surface area contributed by atoms with Gasteiger partial charge in [-0.3, -0.25) is 4.79 Å². The zero-order valence-corrected chi connectivity index (χ0v) is 19.4. The van der Waals surface area contributed by atoms with Crippen LogP contribution in [0.3, 0.4) is 0 Å². The first-order valence-corrected chi connectivity index (χ1v) is 13.2. The van der Waals surface area contributed by atoms with Gasteiger partial charge in [0.1, 0.15) is 0 Å². The fraction of sp³-hybridized carbons (Fsp3) is 0.870. The normalized spacial score (nSPS) is 27.2. The minimum Gasteiger partial charge on any atom is -0.416 e. The van der Waals surface area contributed by atoms with Gasteiger partial charge in [0.2, 0.25) is 0 Å². The van der Waals surface area contributed by atoms with Crippen LogP contribution in [0.15, 0.2) is 11.6 Å². The zero-order valence-electron chi connectivity index (χ0n) is 18.4. The van der Waals surface area contributed by atoms with Crippen LogP contribution in [0, 0.1) is 11.3 Å². The Hall–Kier alpha value is -0.413. The number of rotatable bonds is 8. The van der Waals surface area contributed by atoms with Gasteiger partial charge in [0, 0.05) is 13.0 Å². The van der Waals surface area contributed by atoms with Crippen molar-refractivity contribution in [3.05, 3.63) is 11.6 Å². The highest BCUT2D eigenvalue weighted by atomic mass is 28.4. The van der Waals surface area contributed by atoms with Crippen molar-refractivity contribution < 1.29 is 9.22 Å². The largest absolute Gasteiger partial charge is 0.416 e. The van der Waals surface area contributed by atoms with Gasteiger partial charge in [-0.1, -0.05) is 54.0 Å². The molecule has 2 aliphatic rings. The molecule has 1 fully saturated rings. The topological polar surface area (TPSA) is 26.3 Å². The van der Waals surface area contributed by atoms with Crippen molar-refractivity contribution in [1.29, 1.82) is 0 Å². The number of allylic oxidation sites excluding steroid dienone is 2. The Kier molecular flexibility index (Phi) is 7.35. The lowest BCUT2D eigenvalue weighted by Gasteiger charge is -2.46. The Morgan fingerprint density at radius 3 is 2.31 bits per heavy atom. The van der Waals surface area contributed by atoms with Gasteiger partial charge < -0.3 is 4.43 Å². The first-order valence-electron chi connectivity index (χ1n) is 11.0. The molecule has 150 valence electrons. The molecule has 2 nitrogen and oxygen atoms in total. The van der Waals surface area contributed by atoms with Gasteiger partial charge in [-0.25, -0.2) is 0 Å². The van der Waals surface area contributed by atoms with Crippen molar-refractivity contribution in [1.82, 2.24) is 0 Å². The summed E-state index contributed by atoms with van der Waals surface area (Å²) in [5.41, 5.74) is 3.70. The standard InChI is InChI=1S/C23H42O2Si/c1-17(2)26(18(3)4,19(5)6)25-15-9-12-20-10-8-11-21-16-22(24)13-14-23(20,21)7/h16-20H,8-15H2,1-7H3. The van der Waals surface area contributed by atoms with Crippen LogP contribution in [0.4, 0.5) is 0 Å². The van der Waals surface area contributed by atoms with Gasteiger partial charge in [-0.05, 0) is 72.6 Å². The molecule has 0 spiro atoms. The number of ketones is 1. The molecule has 0 heterocycles. The number of carbonyl (C=O) groups is 1. The highest BCUT2D eigenvalue weighted by Crippen LogP contribution is 2.52. The summed E-state index contributed by atoms with van der Waals surface area (Å²) >= 11 is 0. The third-order valence-electron chi connectivity index (χ3n) is 7.62. The van der Waals surface area contributed by atoms with Crippen LogP contribution in [-0.2, 0) is 9.22 Å². The summed E-state index contributed by atoms with van der Waals surface area (Å²) in [6, 6.07) is 0. The van der Waals surface area contributed by atoms with Gasteiger partial charge in [-0.2, -0.15) is 0 Å². The molecule has 2 aliphatic carbocycles. The van der Waals surface area contributed by atoms with Gasteiger partial charge in [0.15, 0.2) is 14.1 Å². The SMILES string of the molecule is CC(C)[Si](OCCCC1CCCC2=CC(=O)CCC21C)(C(C)C)C(C)C. The van der Waals surface area contributed by atoms with Gasteiger partial charge in [0.25, 0.3) is 0 Å². The van der Waals surface area contributed by atoms with E-state index >= 15 is 0 Å². The molecule has 3 heteroatoms. The lowest BCUT2D eigenvalue weighted by molar-refractivity contribution is -0.116. The van der Waals surface area contributed by atoms with E-state index in [2.05, 4.69) is 48.5 Å². The average molecular weight is 379 g/mol. The number of fused-ring (bicyclic) bond motifs is 1. The fourth-order valence-electron chi connectivity index (χ4n) is 6.20. The summed E-state index contributed by atoms with van der Waals surface area (Å²) in [4.78, 5) is 11.8. The smallest absolute Gasteiger partial charge is 0.200 e. The highest BCUT2D eigenvalue weighted by molar-refractivity contribution is 6.77. The van der Waals surface area contributed by atoms with E-state index in [1.807, 2.05) is 6.08 Å². The number of carbonyl (C=O) groups excluding carboxylic acids is 1. The lowest BCUT2D eigenvalue weighted by Crippen LogP contribution is -2.48. The predicted octanol–water partition coefficient (Wildman–Crippen LogP) is 7.05. The molecule has 0 bridgehead atoms. The molecule has 26 heavy (non-hydrogen) atoms. The predicted molar refractivity (Wildman–Crippen MR) is 114 cm³/mol. The van der Waals surface area contributed by atoms with E-state index < -0.39 is 8.32 Å². The highest BCUT2D eigenvalue weighted by Gasteiger charge is 2.45. The minimum atomic E-state index is -1.73. The minimum absolute atomic E-state index is 0.273. The Bertz CT molecular complexity index is 499. The van der Waals surface area contributed by atoms with E-state index in [0.717, 1.165) is 31.8 Å². The molecule has 1 saturated carbocycles. The molecule has 0 aromatic heterocycles. The summed E-state index contributed by atoms with van der Waals surface area (Å²) in [6.07, 6.45) is 9.93. The Balaban J connectivity index is 1.96. The maximum atomic E-state index is 11.8. The molecule has 2 unspecified atom stereocenters. The summed E-state index contributed by atoms with van der Waals surface area (Å²) in [5.74, 6) is 1.08.